The van der Waals surface area contributed by atoms with Gasteiger partial charge in [-0.1, -0.05) is 13.3 Å². The number of fused-ring (bicyclic) bond motifs is 1. The van der Waals surface area contributed by atoms with Crippen LogP contribution in [0.25, 0.3) is 0 Å². The molecule has 1 heterocycles. The first-order valence-electron chi connectivity index (χ1n) is 9.77. The van der Waals surface area contributed by atoms with E-state index in [9.17, 15) is 9.59 Å². The van der Waals surface area contributed by atoms with Gasteiger partial charge in [0.1, 0.15) is 12.4 Å². The molecule has 2 amide bonds. The Balaban J connectivity index is 2.15. The first-order chi connectivity index (χ1) is 12.8. The number of hydrogen-bond acceptors (Lipinski definition) is 4. The summed E-state index contributed by atoms with van der Waals surface area (Å²) < 4.78 is 5.89. The molecule has 1 aromatic rings. The van der Waals surface area contributed by atoms with Crippen LogP contribution in [0.5, 0.6) is 5.75 Å². The number of carbonyl (C=O) groups excluding carboxylic acids is 2. The largest absolute Gasteiger partial charge is 0.489 e. The third kappa shape index (κ3) is 4.93. The van der Waals surface area contributed by atoms with Crippen LogP contribution < -0.4 is 9.64 Å². The number of likely N-dealkylation sites (N-methyl/N-ethyl adjacent to an activating group) is 1. The summed E-state index contributed by atoms with van der Waals surface area (Å²) >= 11 is 0. The monoisotopic (exact) mass is 375 g/mol. The molecule has 1 unspecified atom stereocenters. The van der Waals surface area contributed by atoms with Crippen molar-refractivity contribution in [2.24, 2.45) is 0 Å². The van der Waals surface area contributed by atoms with E-state index in [0.29, 0.717) is 18.6 Å². The maximum atomic E-state index is 12.9. The summed E-state index contributed by atoms with van der Waals surface area (Å²) in [6.07, 6.45) is 2.49. The Morgan fingerprint density at radius 3 is 2.59 bits per heavy atom. The second-order valence-electron chi connectivity index (χ2n) is 7.70. The molecule has 0 aliphatic carbocycles. The number of carbonyl (C=O) groups is 2. The minimum atomic E-state index is -0.0463. The van der Waals surface area contributed by atoms with E-state index in [0.717, 1.165) is 30.8 Å². The van der Waals surface area contributed by atoms with Crippen LogP contribution >= 0.6 is 0 Å². The molecular formula is C21H33N3O3. The topological polar surface area (TPSA) is 53.1 Å². The van der Waals surface area contributed by atoms with Crippen molar-refractivity contribution in [3.05, 3.63) is 23.8 Å². The zero-order valence-corrected chi connectivity index (χ0v) is 17.5. The Labute approximate surface area is 163 Å². The van der Waals surface area contributed by atoms with Crippen LogP contribution in [0.3, 0.4) is 0 Å². The molecule has 0 spiro atoms. The molecule has 0 saturated carbocycles. The van der Waals surface area contributed by atoms with Gasteiger partial charge in [-0.15, -0.1) is 0 Å². The molecule has 6 heteroatoms. The first-order valence-corrected chi connectivity index (χ1v) is 9.77. The predicted octanol–water partition coefficient (Wildman–Crippen LogP) is 3.01. The molecule has 6 nitrogen and oxygen atoms in total. The molecule has 0 aromatic heterocycles. The molecule has 1 aromatic carbocycles. The number of hydrogen-bond donors (Lipinski definition) is 0. The Bertz CT molecular complexity index is 673. The van der Waals surface area contributed by atoms with E-state index in [4.69, 9.17) is 4.74 Å². The molecule has 27 heavy (non-hydrogen) atoms. The molecule has 2 rings (SSSR count). The maximum Gasteiger partial charge on any atom is 0.253 e. The summed E-state index contributed by atoms with van der Waals surface area (Å²) in [6.45, 7) is 7.51. The number of amides is 2. The molecule has 0 bridgehead atoms. The minimum Gasteiger partial charge on any atom is -0.489 e. The summed E-state index contributed by atoms with van der Waals surface area (Å²) in [5.74, 6) is 0.862. The van der Waals surface area contributed by atoms with Crippen LogP contribution in [0.1, 0.15) is 50.4 Å². The van der Waals surface area contributed by atoms with Gasteiger partial charge >= 0.3 is 0 Å². The minimum absolute atomic E-state index is 0.0439. The third-order valence-electron chi connectivity index (χ3n) is 5.08. The van der Waals surface area contributed by atoms with Gasteiger partial charge in [-0.2, -0.15) is 0 Å². The van der Waals surface area contributed by atoms with Crippen molar-refractivity contribution in [1.82, 2.24) is 9.80 Å². The van der Waals surface area contributed by atoms with Gasteiger partial charge in [0.05, 0.1) is 18.2 Å². The van der Waals surface area contributed by atoms with Crippen LogP contribution in [0.2, 0.25) is 0 Å². The van der Waals surface area contributed by atoms with Gasteiger partial charge in [0.2, 0.25) is 5.91 Å². The molecule has 150 valence electrons. The Morgan fingerprint density at radius 1 is 1.30 bits per heavy atom. The Morgan fingerprint density at radius 2 is 2.00 bits per heavy atom. The van der Waals surface area contributed by atoms with E-state index in [1.165, 1.54) is 0 Å². The molecule has 1 aliphatic rings. The fraction of sp³-hybridized carbons (Fsp3) is 0.619. The number of rotatable bonds is 7. The van der Waals surface area contributed by atoms with E-state index in [2.05, 4.69) is 25.7 Å². The Kier molecular flexibility index (Phi) is 7.11. The Hall–Kier alpha value is -2.24. The van der Waals surface area contributed by atoms with E-state index in [1.54, 1.807) is 25.1 Å². The number of anilines is 1. The highest BCUT2D eigenvalue weighted by Crippen LogP contribution is 2.35. The third-order valence-corrected chi connectivity index (χ3v) is 5.08. The van der Waals surface area contributed by atoms with Crippen molar-refractivity contribution in [2.45, 2.75) is 52.1 Å². The summed E-state index contributed by atoms with van der Waals surface area (Å²) in [5.41, 5.74) is 1.48. The van der Waals surface area contributed by atoms with Crippen molar-refractivity contribution < 1.29 is 14.3 Å². The van der Waals surface area contributed by atoms with Crippen LogP contribution in [0, 0.1) is 0 Å². The van der Waals surface area contributed by atoms with Gasteiger partial charge in [-0.3, -0.25) is 9.59 Å². The average Bonchev–Trinajstić information content (AvgIpc) is 2.63. The lowest BCUT2D eigenvalue weighted by atomic mass is 10.1. The van der Waals surface area contributed by atoms with Crippen molar-refractivity contribution >= 4 is 17.5 Å². The van der Waals surface area contributed by atoms with Crippen molar-refractivity contribution in [3.8, 4) is 5.75 Å². The van der Waals surface area contributed by atoms with Gasteiger partial charge in [0.15, 0.2) is 0 Å². The summed E-state index contributed by atoms with van der Waals surface area (Å²) in [5, 5.41) is 0. The van der Waals surface area contributed by atoms with E-state index in [-0.39, 0.29) is 23.9 Å². The predicted molar refractivity (Wildman–Crippen MR) is 109 cm³/mol. The first kappa shape index (κ1) is 21.1. The lowest BCUT2D eigenvalue weighted by Gasteiger charge is -2.37. The molecule has 0 fully saturated rings. The van der Waals surface area contributed by atoms with Crippen molar-refractivity contribution in [1.29, 1.82) is 0 Å². The van der Waals surface area contributed by atoms with Gasteiger partial charge in [0, 0.05) is 39.3 Å². The highest BCUT2D eigenvalue weighted by molar-refractivity contribution is 5.95. The number of ether oxygens (including phenoxy) is 1. The number of unbranched alkanes of at least 4 members (excludes halogenated alkanes) is 1. The van der Waals surface area contributed by atoms with Crippen LogP contribution in [0.4, 0.5) is 5.69 Å². The molecule has 1 aliphatic heterocycles. The van der Waals surface area contributed by atoms with Gasteiger partial charge in [0.25, 0.3) is 5.91 Å². The molecular weight excluding hydrogens is 342 g/mol. The summed E-state index contributed by atoms with van der Waals surface area (Å²) in [6, 6.07) is 5.62. The van der Waals surface area contributed by atoms with E-state index >= 15 is 0 Å². The molecule has 0 saturated heterocycles. The molecule has 0 N–H and O–H groups in total. The average molecular weight is 376 g/mol. The molecule has 0 radical (unpaired) electrons. The van der Waals surface area contributed by atoms with Crippen LogP contribution in [-0.2, 0) is 4.79 Å². The highest BCUT2D eigenvalue weighted by atomic mass is 16.5. The van der Waals surface area contributed by atoms with Gasteiger partial charge in [-0.05, 0) is 38.5 Å². The number of nitrogens with zero attached hydrogens (tertiary/aromatic N) is 3. The zero-order chi connectivity index (χ0) is 20.1. The highest BCUT2D eigenvalue weighted by Gasteiger charge is 2.29. The lowest BCUT2D eigenvalue weighted by Crippen LogP contribution is -2.46. The number of benzene rings is 1. The van der Waals surface area contributed by atoms with Crippen molar-refractivity contribution in [2.75, 3.05) is 39.2 Å². The second kappa shape index (κ2) is 9.11. The summed E-state index contributed by atoms with van der Waals surface area (Å²) in [7, 11) is 5.44. The maximum absolute atomic E-state index is 12.9. The van der Waals surface area contributed by atoms with Crippen LogP contribution in [-0.4, -0.2) is 68.0 Å². The van der Waals surface area contributed by atoms with Gasteiger partial charge in [-0.25, -0.2) is 0 Å². The fourth-order valence-electron chi connectivity index (χ4n) is 3.31. The standard InChI is InChI=1S/C21H33N3O3/c1-7-8-11-24(15(2)3)20(25)13-17-14-27-19-10-9-16(21(26)22(4)5)12-18(19)23(17)6/h9-10,12,15,17H,7-8,11,13-14H2,1-6H3. The van der Waals surface area contributed by atoms with E-state index in [1.807, 2.05) is 24.1 Å². The summed E-state index contributed by atoms with van der Waals surface area (Å²) in [4.78, 5) is 30.7. The normalized spacial score (nSPS) is 16.0. The SMILES string of the molecule is CCCCN(C(=O)CC1COc2ccc(C(=O)N(C)C)cc2N1C)C(C)C. The van der Waals surface area contributed by atoms with E-state index < -0.39 is 0 Å². The lowest BCUT2D eigenvalue weighted by molar-refractivity contribution is -0.133. The van der Waals surface area contributed by atoms with Crippen LogP contribution in [0.15, 0.2) is 18.2 Å². The second-order valence-corrected chi connectivity index (χ2v) is 7.70. The fourth-order valence-corrected chi connectivity index (χ4v) is 3.31. The molecule has 1 atom stereocenters. The smallest absolute Gasteiger partial charge is 0.253 e. The zero-order valence-electron chi connectivity index (χ0n) is 17.5. The quantitative estimate of drug-likeness (QED) is 0.735. The van der Waals surface area contributed by atoms with Gasteiger partial charge < -0.3 is 19.4 Å². The van der Waals surface area contributed by atoms with Crippen molar-refractivity contribution in [3.63, 3.8) is 0 Å².